The average molecular weight is 219 g/mol. The van der Waals surface area contributed by atoms with Crippen molar-refractivity contribution < 1.29 is 14.7 Å². The van der Waals surface area contributed by atoms with Gasteiger partial charge < -0.3 is 5.11 Å². The van der Waals surface area contributed by atoms with Gasteiger partial charge in [-0.15, -0.1) is 0 Å². The molecule has 0 aromatic heterocycles. The quantitative estimate of drug-likeness (QED) is 0.777. The summed E-state index contributed by atoms with van der Waals surface area (Å²) >= 11 is 0. The van der Waals surface area contributed by atoms with Crippen molar-refractivity contribution in [2.75, 3.05) is 4.90 Å². The standard InChI is InChI=1S/C12H13NO3/c1-8(14)13-10-6-4-3-5-9(10)7-12(13,2)11(15)16/h3-6H,7H2,1-2H3,(H,15,16). The van der Waals surface area contributed by atoms with Gasteiger partial charge in [-0.2, -0.15) is 0 Å². The van der Waals surface area contributed by atoms with Crippen LogP contribution in [0.4, 0.5) is 5.69 Å². The van der Waals surface area contributed by atoms with E-state index in [0.717, 1.165) is 5.56 Å². The molecule has 0 saturated carbocycles. The Bertz CT molecular complexity index is 469. The lowest BCUT2D eigenvalue weighted by atomic mass is 9.97. The number of fused-ring (bicyclic) bond motifs is 1. The van der Waals surface area contributed by atoms with Crippen LogP contribution in [0.25, 0.3) is 0 Å². The Morgan fingerprint density at radius 3 is 2.56 bits per heavy atom. The largest absolute Gasteiger partial charge is 0.479 e. The van der Waals surface area contributed by atoms with E-state index in [1.807, 2.05) is 18.2 Å². The van der Waals surface area contributed by atoms with Crippen LogP contribution in [0.15, 0.2) is 24.3 Å². The molecule has 1 N–H and O–H groups in total. The maximum atomic E-state index is 11.6. The molecule has 1 aliphatic rings. The number of carboxylic acid groups (broad SMARTS) is 1. The lowest BCUT2D eigenvalue weighted by Gasteiger charge is -2.30. The number of carbonyl (C=O) groups excluding carboxylic acids is 1. The molecule has 0 fully saturated rings. The van der Waals surface area contributed by atoms with E-state index in [1.165, 1.54) is 11.8 Å². The number of amides is 1. The minimum Gasteiger partial charge on any atom is -0.479 e. The van der Waals surface area contributed by atoms with Crippen molar-refractivity contribution in [2.45, 2.75) is 25.8 Å². The van der Waals surface area contributed by atoms with Gasteiger partial charge in [0.2, 0.25) is 5.91 Å². The predicted molar refractivity (Wildman–Crippen MR) is 59.3 cm³/mol. The monoisotopic (exact) mass is 219 g/mol. The van der Waals surface area contributed by atoms with Crippen LogP contribution < -0.4 is 4.90 Å². The predicted octanol–water partition coefficient (Wildman–Crippen LogP) is 1.44. The number of carboxylic acids is 1. The molecule has 0 spiro atoms. The van der Waals surface area contributed by atoms with Gasteiger partial charge >= 0.3 is 5.97 Å². The molecule has 0 bridgehead atoms. The zero-order valence-corrected chi connectivity index (χ0v) is 9.23. The molecule has 0 radical (unpaired) electrons. The molecular formula is C12H13NO3. The molecule has 0 aliphatic carbocycles. The van der Waals surface area contributed by atoms with Gasteiger partial charge in [0.1, 0.15) is 5.54 Å². The van der Waals surface area contributed by atoms with E-state index in [0.29, 0.717) is 12.1 Å². The molecule has 1 aromatic rings. The van der Waals surface area contributed by atoms with Crippen LogP contribution in [0.2, 0.25) is 0 Å². The second-order valence-corrected chi connectivity index (χ2v) is 4.24. The van der Waals surface area contributed by atoms with Crippen LogP contribution in [0, 0.1) is 0 Å². The van der Waals surface area contributed by atoms with Crippen LogP contribution in [0.1, 0.15) is 19.4 Å². The molecule has 84 valence electrons. The minimum absolute atomic E-state index is 0.241. The van der Waals surface area contributed by atoms with Crippen LogP contribution >= 0.6 is 0 Å². The Labute approximate surface area is 93.5 Å². The van der Waals surface area contributed by atoms with Crippen molar-refractivity contribution in [3.05, 3.63) is 29.8 Å². The van der Waals surface area contributed by atoms with E-state index in [1.54, 1.807) is 13.0 Å². The Morgan fingerprint density at radius 2 is 2.00 bits per heavy atom. The summed E-state index contributed by atoms with van der Waals surface area (Å²) in [5, 5.41) is 9.27. The Morgan fingerprint density at radius 1 is 1.38 bits per heavy atom. The Hall–Kier alpha value is -1.84. The fourth-order valence-corrected chi connectivity index (χ4v) is 2.28. The first-order chi connectivity index (χ1) is 7.47. The topological polar surface area (TPSA) is 57.6 Å². The molecule has 0 saturated heterocycles. The van der Waals surface area contributed by atoms with Crippen LogP contribution in [0.5, 0.6) is 0 Å². The summed E-state index contributed by atoms with van der Waals surface area (Å²) in [5.41, 5.74) is 0.456. The van der Waals surface area contributed by atoms with Crippen molar-refractivity contribution in [2.24, 2.45) is 0 Å². The SMILES string of the molecule is CC(=O)N1c2ccccc2CC1(C)C(=O)O. The zero-order chi connectivity index (χ0) is 11.9. The van der Waals surface area contributed by atoms with Crippen molar-refractivity contribution in [1.82, 2.24) is 0 Å². The number of carbonyl (C=O) groups is 2. The fourth-order valence-electron chi connectivity index (χ4n) is 2.28. The summed E-state index contributed by atoms with van der Waals surface area (Å²) in [7, 11) is 0. The van der Waals surface area contributed by atoms with E-state index >= 15 is 0 Å². The first kappa shape index (κ1) is 10.7. The first-order valence-electron chi connectivity index (χ1n) is 5.09. The van der Waals surface area contributed by atoms with Gasteiger partial charge in [0.25, 0.3) is 0 Å². The van der Waals surface area contributed by atoms with Gasteiger partial charge in [0, 0.05) is 19.0 Å². The van der Waals surface area contributed by atoms with Gasteiger partial charge in [0.05, 0.1) is 0 Å². The maximum absolute atomic E-state index is 11.6. The molecule has 1 aromatic carbocycles. The third kappa shape index (κ3) is 1.30. The second kappa shape index (κ2) is 3.33. The van der Waals surface area contributed by atoms with E-state index in [9.17, 15) is 14.7 Å². The number of hydrogen-bond donors (Lipinski definition) is 1. The lowest BCUT2D eigenvalue weighted by Crippen LogP contribution is -2.52. The molecule has 2 rings (SSSR count). The second-order valence-electron chi connectivity index (χ2n) is 4.24. The number of para-hydroxylation sites is 1. The van der Waals surface area contributed by atoms with Crippen molar-refractivity contribution in [3.8, 4) is 0 Å². The zero-order valence-electron chi connectivity index (χ0n) is 9.23. The summed E-state index contributed by atoms with van der Waals surface area (Å²) in [4.78, 5) is 24.3. The minimum atomic E-state index is -1.16. The highest BCUT2D eigenvalue weighted by molar-refractivity contribution is 6.03. The first-order valence-corrected chi connectivity index (χ1v) is 5.09. The summed E-state index contributed by atoms with van der Waals surface area (Å²) in [6.45, 7) is 2.97. The number of benzene rings is 1. The molecule has 1 atom stereocenters. The van der Waals surface area contributed by atoms with Crippen LogP contribution in [-0.2, 0) is 16.0 Å². The molecule has 1 aliphatic heterocycles. The molecule has 1 amide bonds. The van der Waals surface area contributed by atoms with Crippen molar-refractivity contribution >= 4 is 17.6 Å². The maximum Gasteiger partial charge on any atom is 0.330 e. The number of aliphatic carboxylic acids is 1. The molecule has 4 nitrogen and oxygen atoms in total. The summed E-state index contributed by atoms with van der Waals surface area (Å²) in [5.74, 6) is -1.21. The van der Waals surface area contributed by atoms with E-state index in [-0.39, 0.29) is 5.91 Å². The third-order valence-corrected chi connectivity index (χ3v) is 3.04. The van der Waals surface area contributed by atoms with Crippen molar-refractivity contribution in [1.29, 1.82) is 0 Å². The van der Waals surface area contributed by atoms with Gasteiger partial charge in [0.15, 0.2) is 0 Å². The van der Waals surface area contributed by atoms with Crippen molar-refractivity contribution in [3.63, 3.8) is 0 Å². The summed E-state index contributed by atoms with van der Waals surface area (Å²) < 4.78 is 0. The van der Waals surface area contributed by atoms with E-state index in [2.05, 4.69) is 0 Å². The molecule has 1 unspecified atom stereocenters. The number of hydrogen-bond acceptors (Lipinski definition) is 2. The molecule has 4 heteroatoms. The number of rotatable bonds is 1. The van der Waals surface area contributed by atoms with E-state index in [4.69, 9.17) is 0 Å². The smallest absolute Gasteiger partial charge is 0.330 e. The summed E-state index contributed by atoms with van der Waals surface area (Å²) in [6, 6.07) is 7.30. The highest BCUT2D eigenvalue weighted by atomic mass is 16.4. The van der Waals surface area contributed by atoms with Gasteiger partial charge in [-0.25, -0.2) is 4.79 Å². The third-order valence-electron chi connectivity index (χ3n) is 3.04. The number of nitrogens with zero attached hydrogens (tertiary/aromatic N) is 1. The highest BCUT2D eigenvalue weighted by Gasteiger charge is 2.47. The van der Waals surface area contributed by atoms with E-state index < -0.39 is 11.5 Å². The Balaban J connectivity index is 2.58. The molecular weight excluding hydrogens is 206 g/mol. The van der Waals surface area contributed by atoms with Gasteiger partial charge in [-0.05, 0) is 18.6 Å². The lowest BCUT2D eigenvalue weighted by molar-refractivity contribution is -0.144. The van der Waals surface area contributed by atoms with Gasteiger partial charge in [-0.1, -0.05) is 18.2 Å². The highest BCUT2D eigenvalue weighted by Crippen LogP contribution is 2.38. The molecule has 1 heterocycles. The molecule has 16 heavy (non-hydrogen) atoms. The average Bonchev–Trinajstić information content (AvgIpc) is 2.51. The van der Waals surface area contributed by atoms with Crippen LogP contribution in [-0.4, -0.2) is 22.5 Å². The fraction of sp³-hybridized carbons (Fsp3) is 0.333. The number of anilines is 1. The van der Waals surface area contributed by atoms with Crippen LogP contribution in [0.3, 0.4) is 0 Å². The Kier molecular flexibility index (Phi) is 2.22. The summed E-state index contributed by atoms with van der Waals surface area (Å²) in [6.07, 6.45) is 0.359. The van der Waals surface area contributed by atoms with Gasteiger partial charge in [-0.3, -0.25) is 9.69 Å². The normalized spacial score (nSPS) is 23.0.